The summed E-state index contributed by atoms with van der Waals surface area (Å²) in [5, 5.41) is 2.20. The smallest absolute Gasteiger partial charge is 0.352 e. The quantitative estimate of drug-likeness (QED) is 0.245. The second-order valence-electron chi connectivity index (χ2n) is 9.63. The highest BCUT2D eigenvalue weighted by Gasteiger charge is 2.37. The Labute approximate surface area is 256 Å². The van der Waals surface area contributed by atoms with Crippen molar-refractivity contribution >= 4 is 55.1 Å². The van der Waals surface area contributed by atoms with E-state index in [1.165, 1.54) is 36.1 Å². The lowest BCUT2D eigenvalue weighted by molar-refractivity contribution is -0.139. The Morgan fingerprint density at radius 2 is 1.67 bits per heavy atom. The largest absolute Gasteiger partial charge is 0.417 e. The number of nitrogens with zero attached hydrogens (tertiary/aromatic N) is 2. The van der Waals surface area contributed by atoms with Crippen LogP contribution in [0.2, 0.25) is 5.02 Å². The fraction of sp³-hybridized carbons (Fsp3) is 0.310. The lowest BCUT2D eigenvalue weighted by Crippen LogP contribution is -2.52. The Morgan fingerprint density at radius 3 is 2.26 bits per heavy atom. The van der Waals surface area contributed by atoms with Crippen molar-refractivity contribution in [2.24, 2.45) is 0 Å². The standard InChI is InChI=1S/C29H30BrClF3N3O4S/c1-4-19(2)35-28(39)20(3)36(17-21-9-8-10-22(30)15-21)27(38)18-37(42(40,41)24-11-6-5-7-12-24)23-13-14-26(31)25(16-23)29(32,33)34/h5-16,19-20H,4,17-18H2,1-3H3,(H,35,39)/t19-,20+/m1/s1. The molecule has 226 valence electrons. The number of benzene rings is 3. The zero-order valence-electron chi connectivity index (χ0n) is 23.0. The fourth-order valence-corrected chi connectivity index (χ4v) is 6.11. The summed E-state index contributed by atoms with van der Waals surface area (Å²) in [4.78, 5) is 28.0. The van der Waals surface area contributed by atoms with Crippen molar-refractivity contribution in [1.29, 1.82) is 0 Å². The van der Waals surface area contributed by atoms with Gasteiger partial charge in [-0.05, 0) is 68.3 Å². The van der Waals surface area contributed by atoms with Crippen molar-refractivity contribution < 1.29 is 31.2 Å². The minimum atomic E-state index is -4.88. The average Bonchev–Trinajstić information content (AvgIpc) is 2.94. The molecule has 0 unspecified atom stereocenters. The molecule has 13 heteroatoms. The first-order chi connectivity index (χ1) is 19.6. The number of halogens is 5. The van der Waals surface area contributed by atoms with Gasteiger partial charge in [-0.25, -0.2) is 8.42 Å². The van der Waals surface area contributed by atoms with E-state index in [1.807, 2.05) is 6.92 Å². The first-order valence-electron chi connectivity index (χ1n) is 12.9. The molecule has 3 aromatic rings. The van der Waals surface area contributed by atoms with Crippen LogP contribution in [0.3, 0.4) is 0 Å². The van der Waals surface area contributed by atoms with Crippen LogP contribution in [0.15, 0.2) is 82.2 Å². The maximum absolute atomic E-state index is 13.9. The van der Waals surface area contributed by atoms with Crippen LogP contribution in [0, 0.1) is 0 Å². The number of alkyl halides is 3. The van der Waals surface area contributed by atoms with Crippen LogP contribution < -0.4 is 9.62 Å². The maximum atomic E-state index is 13.9. The number of hydrogen-bond acceptors (Lipinski definition) is 4. The molecule has 7 nitrogen and oxygen atoms in total. The molecule has 0 saturated heterocycles. The van der Waals surface area contributed by atoms with E-state index in [1.54, 1.807) is 37.3 Å². The molecule has 0 saturated carbocycles. The second-order valence-corrected chi connectivity index (χ2v) is 12.8. The molecule has 1 N–H and O–H groups in total. The molecule has 0 aromatic heterocycles. The van der Waals surface area contributed by atoms with E-state index >= 15 is 0 Å². The van der Waals surface area contributed by atoms with Gasteiger partial charge in [0.05, 0.1) is 21.2 Å². The Morgan fingerprint density at radius 1 is 1.00 bits per heavy atom. The first-order valence-corrected chi connectivity index (χ1v) is 15.5. The molecule has 0 spiro atoms. The summed E-state index contributed by atoms with van der Waals surface area (Å²) < 4.78 is 70.1. The highest BCUT2D eigenvalue weighted by molar-refractivity contribution is 9.10. The van der Waals surface area contributed by atoms with Crippen molar-refractivity contribution in [3.63, 3.8) is 0 Å². The summed E-state index contributed by atoms with van der Waals surface area (Å²) >= 11 is 9.17. The summed E-state index contributed by atoms with van der Waals surface area (Å²) in [6.45, 7) is 4.24. The van der Waals surface area contributed by atoms with Gasteiger partial charge in [0.2, 0.25) is 11.8 Å². The molecule has 0 fully saturated rings. The molecule has 0 aliphatic heterocycles. The van der Waals surface area contributed by atoms with Crippen molar-refractivity contribution in [3.8, 4) is 0 Å². The molecule has 42 heavy (non-hydrogen) atoms. The molecule has 0 radical (unpaired) electrons. The monoisotopic (exact) mass is 687 g/mol. The first kappa shape index (κ1) is 33.4. The second kappa shape index (κ2) is 13.9. The van der Waals surface area contributed by atoms with E-state index in [9.17, 15) is 31.2 Å². The normalized spacial score (nSPS) is 13.2. The highest BCUT2D eigenvalue weighted by atomic mass is 79.9. The lowest BCUT2D eigenvalue weighted by Gasteiger charge is -2.32. The summed E-state index contributed by atoms with van der Waals surface area (Å²) in [6.07, 6.45) is -4.24. The van der Waals surface area contributed by atoms with Crippen LogP contribution in [0.1, 0.15) is 38.3 Å². The van der Waals surface area contributed by atoms with Gasteiger partial charge in [-0.3, -0.25) is 13.9 Å². The van der Waals surface area contributed by atoms with E-state index in [-0.39, 0.29) is 17.5 Å². The highest BCUT2D eigenvalue weighted by Crippen LogP contribution is 2.38. The van der Waals surface area contributed by atoms with Crippen LogP contribution in [0.5, 0.6) is 0 Å². The molecular formula is C29H30BrClF3N3O4S. The van der Waals surface area contributed by atoms with Crippen LogP contribution in [0.25, 0.3) is 0 Å². The van der Waals surface area contributed by atoms with Gasteiger partial charge >= 0.3 is 6.18 Å². The third kappa shape index (κ3) is 8.26. The van der Waals surface area contributed by atoms with E-state index < -0.39 is 56.9 Å². The van der Waals surface area contributed by atoms with Crippen molar-refractivity contribution in [1.82, 2.24) is 10.2 Å². The number of sulfonamides is 1. The maximum Gasteiger partial charge on any atom is 0.417 e. The van der Waals surface area contributed by atoms with Gasteiger partial charge in [0.25, 0.3) is 10.0 Å². The topological polar surface area (TPSA) is 86.8 Å². The molecule has 3 rings (SSSR count). The number of nitrogens with one attached hydrogen (secondary N) is 1. The van der Waals surface area contributed by atoms with Crippen molar-refractivity contribution in [2.75, 3.05) is 10.8 Å². The predicted molar refractivity (Wildman–Crippen MR) is 159 cm³/mol. The lowest BCUT2D eigenvalue weighted by atomic mass is 10.1. The van der Waals surface area contributed by atoms with E-state index in [0.29, 0.717) is 22.4 Å². The number of rotatable bonds is 11. The minimum absolute atomic E-state index is 0.0684. The third-order valence-corrected chi connectivity index (χ3v) is 9.17. The van der Waals surface area contributed by atoms with Crippen LogP contribution in [-0.4, -0.2) is 43.8 Å². The number of amides is 2. The minimum Gasteiger partial charge on any atom is -0.352 e. The Bertz CT molecular complexity index is 1520. The summed E-state index contributed by atoms with van der Waals surface area (Å²) in [5.74, 6) is -1.26. The van der Waals surface area contributed by atoms with Gasteiger partial charge in [-0.15, -0.1) is 0 Å². The predicted octanol–water partition coefficient (Wildman–Crippen LogP) is 6.65. The average molecular weight is 689 g/mol. The van der Waals surface area contributed by atoms with Gasteiger partial charge in [-0.1, -0.05) is 64.8 Å². The molecule has 0 aliphatic carbocycles. The molecule has 2 amide bonds. The fourth-order valence-electron chi connectivity index (χ4n) is 4.01. The number of hydrogen-bond donors (Lipinski definition) is 1. The molecule has 0 bridgehead atoms. The van der Waals surface area contributed by atoms with Crippen LogP contribution >= 0.6 is 27.5 Å². The van der Waals surface area contributed by atoms with E-state index in [4.69, 9.17) is 11.6 Å². The van der Waals surface area contributed by atoms with Crippen LogP contribution in [0.4, 0.5) is 18.9 Å². The zero-order chi connectivity index (χ0) is 31.2. The van der Waals surface area contributed by atoms with Gasteiger partial charge in [0.1, 0.15) is 12.6 Å². The van der Waals surface area contributed by atoms with Crippen molar-refractivity contribution in [3.05, 3.63) is 93.4 Å². The van der Waals surface area contributed by atoms with Gasteiger partial charge in [-0.2, -0.15) is 13.2 Å². The van der Waals surface area contributed by atoms with E-state index in [0.717, 1.165) is 16.6 Å². The van der Waals surface area contributed by atoms with Crippen LogP contribution in [-0.2, 0) is 32.3 Å². The SMILES string of the molecule is CC[C@@H](C)NC(=O)[C@H](C)N(Cc1cccc(Br)c1)C(=O)CN(c1ccc(Cl)c(C(F)(F)F)c1)S(=O)(=O)c1ccccc1. The Balaban J connectivity index is 2.11. The number of anilines is 1. The molecule has 0 aliphatic rings. The molecule has 3 aromatic carbocycles. The van der Waals surface area contributed by atoms with Gasteiger partial charge < -0.3 is 10.2 Å². The van der Waals surface area contributed by atoms with Gasteiger partial charge in [0, 0.05) is 17.1 Å². The summed E-state index contributed by atoms with van der Waals surface area (Å²) in [7, 11) is -4.54. The van der Waals surface area contributed by atoms with Crippen molar-refractivity contribution in [2.45, 2.75) is 56.9 Å². The number of carbonyl (C=O) groups excluding carboxylic acids is 2. The summed E-state index contributed by atoms with van der Waals surface area (Å²) in [5.41, 5.74) is -1.03. The zero-order valence-corrected chi connectivity index (χ0v) is 26.2. The van der Waals surface area contributed by atoms with E-state index in [2.05, 4.69) is 21.2 Å². The third-order valence-electron chi connectivity index (χ3n) is 6.56. The molecular weight excluding hydrogens is 659 g/mol. The Kier molecular flexibility index (Phi) is 11.1. The summed E-state index contributed by atoms with van der Waals surface area (Å²) in [6, 6.07) is 15.4. The molecule has 2 atom stereocenters. The van der Waals surface area contributed by atoms with Gasteiger partial charge in [0.15, 0.2) is 0 Å². The Hall–Kier alpha value is -3.09. The number of carbonyl (C=O) groups is 2. The molecule has 0 heterocycles.